The van der Waals surface area contributed by atoms with Gasteiger partial charge in [-0.2, -0.15) is 0 Å². The van der Waals surface area contributed by atoms with Crippen molar-refractivity contribution in [3.63, 3.8) is 0 Å². The molecule has 2 heteroatoms. The summed E-state index contributed by atoms with van der Waals surface area (Å²) >= 11 is 0. The summed E-state index contributed by atoms with van der Waals surface area (Å²) in [5, 5.41) is 11.6. The average molecular weight is 182 g/mol. The molecule has 0 aliphatic heterocycles. The molecule has 0 unspecified atom stereocenters. The van der Waals surface area contributed by atoms with Gasteiger partial charge in [-0.1, -0.05) is 52.9 Å². The van der Waals surface area contributed by atoms with Crippen molar-refractivity contribution in [3.8, 4) is 0 Å². The maximum absolute atomic E-state index is 11.6. The van der Waals surface area contributed by atoms with Gasteiger partial charge in [-0.25, -0.2) is 0 Å². The van der Waals surface area contributed by atoms with E-state index in [2.05, 4.69) is 6.92 Å². The molecular weight excluding hydrogens is 163 g/mol. The molecule has 0 rings (SSSR count). The van der Waals surface area contributed by atoms with Crippen LogP contribution in [-0.4, -0.2) is 5.60 Å². The topological polar surface area (TPSA) is 23.1 Å². The van der Waals surface area contributed by atoms with Crippen LogP contribution in [0.25, 0.3) is 0 Å². The van der Waals surface area contributed by atoms with E-state index >= 15 is 0 Å². The van der Waals surface area contributed by atoms with Crippen LogP contribution in [0.2, 0.25) is 0 Å². The molecule has 0 aliphatic rings. The molecule has 0 spiro atoms. The number of unbranched alkanes of at least 4 members (excludes halogenated alkanes) is 1. The third-order valence-electron chi connectivity index (χ3n) is 2.27. The molecule has 62 valence electrons. The first-order valence-corrected chi connectivity index (χ1v) is 4.39. The minimum atomic E-state index is -0.615. The van der Waals surface area contributed by atoms with Crippen LogP contribution in [0.15, 0.2) is 0 Å². The van der Waals surface area contributed by atoms with E-state index in [9.17, 15) is 5.11 Å². The van der Waals surface area contributed by atoms with Gasteiger partial charge in [0.1, 0.15) is 0 Å². The fourth-order valence-corrected chi connectivity index (χ4v) is 1.10. The van der Waals surface area contributed by atoms with Gasteiger partial charge in [-0.05, 0) is 0 Å². The van der Waals surface area contributed by atoms with Crippen molar-refractivity contribution in [2.75, 3.05) is 0 Å². The van der Waals surface area contributed by atoms with Crippen molar-refractivity contribution < 1.29 is 56.5 Å². The molecule has 1 nitrogen and oxygen atoms in total. The van der Waals surface area contributed by atoms with Crippen molar-refractivity contribution in [1.29, 1.82) is 0 Å². The van der Waals surface area contributed by atoms with Crippen molar-refractivity contribution in [3.05, 3.63) is 0 Å². The Balaban J connectivity index is 0. The second-order valence-electron chi connectivity index (χ2n) is 2.99. The molecule has 0 saturated carbocycles. The van der Waals surface area contributed by atoms with E-state index in [1.807, 2.05) is 13.8 Å². The SMILES string of the molecule is CCCCC([O-])(CC)CC.[K+]. The van der Waals surface area contributed by atoms with Gasteiger partial charge >= 0.3 is 51.4 Å². The monoisotopic (exact) mass is 182 g/mol. The van der Waals surface area contributed by atoms with Crippen LogP contribution in [0.4, 0.5) is 0 Å². The molecule has 0 N–H and O–H groups in total. The van der Waals surface area contributed by atoms with Crippen molar-refractivity contribution >= 4 is 0 Å². The first kappa shape index (κ1) is 15.1. The Morgan fingerprint density at radius 1 is 1.09 bits per heavy atom. The Kier molecular flexibility index (Phi) is 11.3. The fraction of sp³-hybridized carbons (Fsp3) is 1.00. The molecule has 11 heavy (non-hydrogen) atoms. The zero-order valence-electron chi connectivity index (χ0n) is 8.44. The Labute approximate surface area is 113 Å². The van der Waals surface area contributed by atoms with Crippen LogP contribution >= 0.6 is 0 Å². The van der Waals surface area contributed by atoms with Gasteiger partial charge in [0.15, 0.2) is 0 Å². The van der Waals surface area contributed by atoms with Gasteiger partial charge in [0, 0.05) is 0 Å². The quantitative estimate of drug-likeness (QED) is 0.505. The molecule has 0 heterocycles. The molecule has 0 bridgehead atoms. The second-order valence-corrected chi connectivity index (χ2v) is 2.99. The molecule has 0 atom stereocenters. The number of hydrogen-bond donors (Lipinski definition) is 0. The Morgan fingerprint density at radius 2 is 1.55 bits per heavy atom. The van der Waals surface area contributed by atoms with E-state index in [1.165, 1.54) is 0 Å². The fourth-order valence-electron chi connectivity index (χ4n) is 1.10. The molecule has 0 aromatic carbocycles. The van der Waals surface area contributed by atoms with Gasteiger partial charge in [0.25, 0.3) is 0 Å². The van der Waals surface area contributed by atoms with Gasteiger partial charge in [0.05, 0.1) is 0 Å². The Morgan fingerprint density at radius 3 is 1.82 bits per heavy atom. The third-order valence-corrected chi connectivity index (χ3v) is 2.27. The van der Waals surface area contributed by atoms with Gasteiger partial charge < -0.3 is 5.11 Å². The molecule has 0 fully saturated rings. The van der Waals surface area contributed by atoms with E-state index in [0.29, 0.717) is 0 Å². The van der Waals surface area contributed by atoms with E-state index < -0.39 is 5.60 Å². The summed E-state index contributed by atoms with van der Waals surface area (Å²) in [6.07, 6.45) is 4.65. The number of rotatable bonds is 5. The second kappa shape index (κ2) is 8.21. The maximum atomic E-state index is 11.6. The van der Waals surface area contributed by atoms with Crippen molar-refractivity contribution in [2.45, 2.75) is 58.5 Å². The minimum absolute atomic E-state index is 0. The largest absolute Gasteiger partial charge is 1.00 e. The smallest absolute Gasteiger partial charge is 0.849 e. The summed E-state index contributed by atoms with van der Waals surface area (Å²) in [6, 6.07) is 0. The third kappa shape index (κ3) is 6.73. The Hall–Kier alpha value is 1.60. The molecule has 0 amide bonds. The summed E-state index contributed by atoms with van der Waals surface area (Å²) in [7, 11) is 0. The van der Waals surface area contributed by atoms with E-state index in [4.69, 9.17) is 0 Å². The summed E-state index contributed by atoms with van der Waals surface area (Å²) in [6.45, 7) is 6.12. The van der Waals surface area contributed by atoms with Crippen LogP contribution in [0.1, 0.15) is 52.9 Å². The van der Waals surface area contributed by atoms with Crippen LogP contribution < -0.4 is 56.5 Å². The number of hydrogen-bond acceptors (Lipinski definition) is 1. The zero-order valence-corrected chi connectivity index (χ0v) is 11.6. The van der Waals surface area contributed by atoms with E-state index in [0.717, 1.165) is 32.1 Å². The van der Waals surface area contributed by atoms with Gasteiger partial charge in [-0.3, -0.25) is 0 Å². The average Bonchev–Trinajstić information content (AvgIpc) is 2.00. The minimum Gasteiger partial charge on any atom is -0.849 e. The first-order chi connectivity index (χ1) is 4.68. The molecule has 0 aromatic rings. The molecular formula is C9H19KO. The zero-order chi connectivity index (χ0) is 8.04. The van der Waals surface area contributed by atoms with Gasteiger partial charge in [0.2, 0.25) is 0 Å². The molecule has 0 radical (unpaired) electrons. The van der Waals surface area contributed by atoms with Crippen LogP contribution in [-0.2, 0) is 0 Å². The van der Waals surface area contributed by atoms with Crippen LogP contribution in [0.5, 0.6) is 0 Å². The normalized spacial score (nSPS) is 10.9. The Bertz CT molecular complexity index is 79.6. The molecule has 0 aromatic heterocycles. The summed E-state index contributed by atoms with van der Waals surface area (Å²) in [5.41, 5.74) is -0.615. The summed E-state index contributed by atoms with van der Waals surface area (Å²) < 4.78 is 0. The van der Waals surface area contributed by atoms with Crippen molar-refractivity contribution in [2.24, 2.45) is 0 Å². The van der Waals surface area contributed by atoms with Crippen LogP contribution in [0.3, 0.4) is 0 Å². The van der Waals surface area contributed by atoms with Gasteiger partial charge in [-0.15, -0.1) is 5.60 Å². The maximum Gasteiger partial charge on any atom is 1.00 e. The molecule has 0 saturated heterocycles. The molecule has 0 aliphatic carbocycles. The summed E-state index contributed by atoms with van der Waals surface area (Å²) in [4.78, 5) is 0. The van der Waals surface area contributed by atoms with E-state index in [-0.39, 0.29) is 51.4 Å². The van der Waals surface area contributed by atoms with Crippen LogP contribution in [0, 0.1) is 0 Å². The van der Waals surface area contributed by atoms with E-state index in [1.54, 1.807) is 0 Å². The first-order valence-electron chi connectivity index (χ1n) is 4.39. The summed E-state index contributed by atoms with van der Waals surface area (Å²) in [5.74, 6) is 0. The standard InChI is InChI=1S/C9H19O.K/c1-4-7-8-9(10,5-2)6-3;/h4-8H2,1-3H3;/q-1;+1. The predicted molar refractivity (Wildman–Crippen MR) is 42.8 cm³/mol. The van der Waals surface area contributed by atoms with Crippen molar-refractivity contribution in [1.82, 2.24) is 0 Å². The predicted octanol–water partition coefficient (Wildman–Crippen LogP) is -0.900.